The van der Waals surface area contributed by atoms with E-state index >= 15 is 0 Å². The van der Waals surface area contributed by atoms with Gasteiger partial charge in [0.05, 0.1) is 60.2 Å². The van der Waals surface area contributed by atoms with Crippen molar-refractivity contribution in [2.75, 3.05) is 0 Å². The van der Waals surface area contributed by atoms with Gasteiger partial charge in [-0.05, 0) is 187 Å². The third-order valence-corrected chi connectivity index (χ3v) is 25.2. The molecule has 24 rings (SSSR count). The molecule has 0 aliphatic rings. The molecular formula is C108H66N4OS. The first-order valence-corrected chi connectivity index (χ1v) is 39.9. The quantitative estimate of drug-likeness (QED) is 0.127. The summed E-state index contributed by atoms with van der Waals surface area (Å²) in [7, 11) is 0. The minimum Gasteiger partial charge on any atom is -0.454 e. The van der Waals surface area contributed by atoms with Crippen LogP contribution >= 0.6 is 11.3 Å². The minimum absolute atomic E-state index is 0.837. The summed E-state index contributed by atoms with van der Waals surface area (Å²) in [5.74, 6) is 0. The summed E-state index contributed by atoms with van der Waals surface area (Å²) in [6.45, 7) is 0. The highest BCUT2D eigenvalue weighted by molar-refractivity contribution is 7.26. The lowest BCUT2D eigenvalue weighted by Gasteiger charge is -2.16. The fraction of sp³-hybridized carbons (Fsp3) is 0. The van der Waals surface area contributed by atoms with Crippen LogP contribution in [0.15, 0.2) is 405 Å². The molecule has 530 valence electrons. The SMILES string of the molecule is c1ccc(-c2cccc(-c3ccc(-n4c5ccccc5c5c(-c6cccc7c6c6ccccc6n7-c6ccc(-c7ccc(-c8ccc(-n9c%10ccccc%10c%10ccc(-c%11ccc%12c%13ccccc%13n(-c%13ccccc%13)c%12c%11)cc%109)c9oc%10ccccc%10c89)c(-c8ccccc8)c7)cc6)cccc54)c4sc5ccccc5c34)c2)cc1. The molecule has 6 heteroatoms. The van der Waals surface area contributed by atoms with Gasteiger partial charge in [-0.3, -0.25) is 0 Å². The maximum absolute atomic E-state index is 7.24. The third kappa shape index (κ3) is 9.72. The molecule has 0 amide bonds. The van der Waals surface area contributed by atoms with Crippen LogP contribution in [-0.2, 0) is 0 Å². The number of nitrogens with zero attached hydrogens (tertiary/aromatic N) is 4. The Morgan fingerprint density at radius 2 is 0.605 bits per heavy atom. The highest BCUT2D eigenvalue weighted by atomic mass is 32.1. The number of furan rings is 1. The van der Waals surface area contributed by atoms with Crippen LogP contribution in [0.4, 0.5) is 0 Å². The first-order chi connectivity index (χ1) is 56.6. The van der Waals surface area contributed by atoms with Crippen molar-refractivity contribution >= 4 is 141 Å². The Labute approximate surface area is 659 Å². The van der Waals surface area contributed by atoms with Crippen molar-refractivity contribution < 1.29 is 4.42 Å². The third-order valence-electron chi connectivity index (χ3n) is 24.0. The second-order valence-electron chi connectivity index (χ2n) is 30.1. The molecule has 0 aliphatic carbocycles. The van der Waals surface area contributed by atoms with Crippen molar-refractivity contribution in [3.8, 4) is 101 Å². The number of benzene rings is 18. The number of rotatable bonds is 11. The van der Waals surface area contributed by atoms with Crippen molar-refractivity contribution in [3.05, 3.63) is 400 Å². The van der Waals surface area contributed by atoms with Crippen LogP contribution in [0.1, 0.15) is 0 Å². The van der Waals surface area contributed by atoms with E-state index in [9.17, 15) is 0 Å². The van der Waals surface area contributed by atoms with E-state index in [4.69, 9.17) is 4.42 Å². The Balaban J connectivity index is 0.616. The van der Waals surface area contributed by atoms with Gasteiger partial charge in [-0.25, -0.2) is 0 Å². The Kier molecular flexibility index (Phi) is 14.3. The maximum Gasteiger partial charge on any atom is 0.160 e. The lowest BCUT2D eigenvalue weighted by atomic mass is 9.89. The molecule has 0 bridgehead atoms. The molecule has 24 aromatic rings. The van der Waals surface area contributed by atoms with Crippen molar-refractivity contribution in [1.82, 2.24) is 18.3 Å². The monoisotopic (exact) mass is 1470 g/mol. The molecule has 0 saturated carbocycles. The molecule has 0 spiro atoms. The number of fused-ring (bicyclic) bond motifs is 18. The highest BCUT2D eigenvalue weighted by Crippen LogP contribution is 2.51. The van der Waals surface area contributed by atoms with Crippen LogP contribution in [-0.4, -0.2) is 18.3 Å². The lowest BCUT2D eigenvalue weighted by molar-refractivity contribution is 0.666. The van der Waals surface area contributed by atoms with E-state index in [1.54, 1.807) is 0 Å². The van der Waals surface area contributed by atoms with Gasteiger partial charge in [-0.2, -0.15) is 0 Å². The van der Waals surface area contributed by atoms with Crippen LogP contribution in [0.2, 0.25) is 0 Å². The van der Waals surface area contributed by atoms with E-state index in [1.165, 1.54) is 124 Å². The van der Waals surface area contributed by atoms with Gasteiger partial charge in [0, 0.05) is 80.7 Å². The van der Waals surface area contributed by atoms with Crippen LogP contribution in [0.5, 0.6) is 0 Å². The predicted octanol–water partition coefficient (Wildman–Crippen LogP) is 30.0. The molecule has 0 aliphatic heterocycles. The molecule has 6 heterocycles. The van der Waals surface area contributed by atoms with E-state index in [0.29, 0.717) is 0 Å². The van der Waals surface area contributed by atoms with Gasteiger partial charge in [-0.1, -0.05) is 291 Å². The van der Waals surface area contributed by atoms with Crippen molar-refractivity contribution in [1.29, 1.82) is 0 Å². The standard InChI is InChI=1S/C108H66N4OS/c1-4-25-67(26-5-1)70-29-22-30-74(63-70)77-59-62-98(108-106(77)89-38-15-21-48-102(89)114-108)111-94-44-19-13-36-87(94)104-84(40-24-46-96(104)111)83-39-23-45-95-103(83)86-35-12-18-43-93(86)109(95)76-54-49-68(50-55-76)71-51-56-78(90(64-71)69-27-6-2-7-28-69)85-60-61-97(107-105(85)88-37-14-20-47-101(88)113-107)112-92-42-17-11-34-80(92)82-58-53-73(66-100(82)112)72-52-57-81-79-33-10-16-41-91(79)110(99(81)65-72)75-31-8-3-9-32-75/h1-66H. The predicted molar refractivity (Wildman–Crippen MR) is 482 cm³/mol. The van der Waals surface area contributed by atoms with Gasteiger partial charge >= 0.3 is 0 Å². The van der Waals surface area contributed by atoms with Gasteiger partial charge in [0.2, 0.25) is 0 Å². The topological polar surface area (TPSA) is 32.9 Å². The average Bonchev–Trinajstić information content (AvgIpc) is 1.54. The largest absolute Gasteiger partial charge is 0.454 e. The summed E-state index contributed by atoms with van der Waals surface area (Å²) in [5.41, 5.74) is 31.7. The molecule has 6 aromatic heterocycles. The zero-order valence-corrected chi connectivity index (χ0v) is 62.5. The Hall–Kier alpha value is -14.8. The summed E-state index contributed by atoms with van der Waals surface area (Å²) in [6, 6.07) is 148. The van der Waals surface area contributed by atoms with Crippen molar-refractivity contribution in [2.24, 2.45) is 0 Å². The van der Waals surface area contributed by atoms with Crippen LogP contribution in [0.25, 0.3) is 230 Å². The average molecular weight is 1470 g/mol. The molecule has 5 nitrogen and oxygen atoms in total. The van der Waals surface area contributed by atoms with Gasteiger partial charge in [0.15, 0.2) is 5.58 Å². The Bertz CT molecular complexity index is 8090. The molecular weight excluding hydrogens is 1400 g/mol. The van der Waals surface area contributed by atoms with E-state index in [-0.39, 0.29) is 0 Å². The van der Waals surface area contributed by atoms with E-state index in [2.05, 4.69) is 419 Å². The number of hydrogen-bond donors (Lipinski definition) is 0. The van der Waals surface area contributed by atoms with Crippen LogP contribution in [0.3, 0.4) is 0 Å². The van der Waals surface area contributed by atoms with Crippen LogP contribution in [0, 0.1) is 0 Å². The molecule has 114 heavy (non-hydrogen) atoms. The second-order valence-corrected chi connectivity index (χ2v) is 31.2. The van der Waals surface area contributed by atoms with Gasteiger partial charge in [0.25, 0.3) is 0 Å². The zero-order valence-electron chi connectivity index (χ0n) is 61.7. The van der Waals surface area contributed by atoms with E-state index < -0.39 is 0 Å². The van der Waals surface area contributed by atoms with E-state index in [1.807, 2.05) is 11.3 Å². The smallest absolute Gasteiger partial charge is 0.160 e. The van der Waals surface area contributed by atoms with Crippen molar-refractivity contribution in [3.63, 3.8) is 0 Å². The molecule has 0 radical (unpaired) electrons. The maximum atomic E-state index is 7.24. The number of para-hydroxylation sites is 6. The first-order valence-electron chi connectivity index (χ1n) is 39.1. The lowest BCUT2D eigenvalue weighted by Crippen LogP contribution is -1.96. The summed E-state index contributed by atoms with van der Waals surface area (Å²) < 4.78 is 19.6. The molecule has 0 saturated heterocycles. The Morgan fingerprint density at radius 3 is 1.29 bits per heavy atom. The normalized spacial score (nSPS) is 12.0. The van der Waals surface area contributed by atoms with E-state index in [0.717, 1.165) is 106 Å². The molecule has 0 unspecified atom stereocenters. The minimum atomic E-state index is 0.837. The summed E-state index contributed by atoms with van der Waals surface area (Å²) >= 11 is 1.89. The number of thiophene rings is 1. The fourth-order valence-electron chi connectivity index (χ4n) is 19.0. The summed E-state index contributed by atoms with van der Waals surface area (Å²) in [4.78, 5) is 0. The van der Waals surface area contributed by atoms with Crippen LogP contribution < -0.4 is 0 Å². The fourth-order valence-corrected chi connectivity index (χ4v) is 20.2. The molecule has 0 N–H and O–H groups in total. The number of hydrogen-bond acceptors (Lipinski definition) is 2. The van der Waals surface area contributed by atoms with Crippen molar-refractivity contribution in [2.45, 2.75) is 0 Å². The summed E-state index contributed by atoms with van der Waals surface area (Å²) in [5, 5.41) is 14.4. The molecule has 0 atom stereocenters. The molecule has 0 fully saturated rings. The second kappa shape index (κ2) is 25.4. The first kappa shape index (κ1) is 64.0. The number of aromatic nitrogens is 4. The molecule has 18 aromatic carbocycles. The van der Waals surface area contributed by atoms with Gasteiger partial charge < -0.3 is 22.7 Å². The highest BCUT2D eigenvalue weighted by Gasteiger charge is 2.27. The Morgan fingerprint density at radius 1 is 0.193 bits per heavy atom. The van der Waals surface area contributed by atoms with Gasteiger partial charge in [0.1, 0.15) is 5.58 Å². The zero-order chi connectivity index (χ0) is 74.6. The van der Waals surface area contributed by atoms with Gasteiger partial charge in [-0.15, -0.1) is 11.3 Å². The summed E-state index contributed by atoms with van der Waals surface area (Å²) in [6.07, 6.45) is 0.